The van der Waals surface area contributed by atoms with Gasteiger partial charge in [0, 0.05) is 26.7 Å². The normalized spacial score (nSPS) is 12.6. The zero-order valence-electron chi connectivity index (χ0n) is 13.6. The maximum Gasteiger partial charge on any atom is 0.419 e. The van der Waals surface area contributed by atoms with Crippen LogP contribution < -0.4 is 11.5 Å². The maximum atomic E-state index is 12.6. The van der Waals surface area contributed by atoms with Gasteiger partial charge in [0.15, 0.2) is 5.58 Å². The smallest absolute Gasteiger partial charge is 0.408 e. The van der Waals surface area contributed by atoms with Crippen molar-refractivity contribution in [3.05, 3.63) is 28.7 Å². The van der Waals surface area contributed by atoms with E-state index in [1.165, 1.54) is 28.1 Å². The summed E-state index contributed by atoms with van der Waals surface area (Å²) < 4.78 is 32.9. The topological polar surface area (TPSA) is 98.5 Å². The summed E-state index contributed by atoms with van der Waals surface area (Å²) in [5.41, 5.74) is 6.13. The van der Waals surface area contributed by atoms with Crippen LogP contribution in [0.1, 0.15) is 13.8 Å². The fraction of sp³-hybridized carbons (Fsp3) is 0.500. The summed E-state index contributed by atoms with van der Waals surface area (Å²) >= 11 is 0. The van der Waals surface area contributed by atoms with Crippen LogP contribution in [0.3, 0.4) is 0 Å². The van der Waals surface area contributed by atoms with E-state index in [9.17, 15) is 13.2 Å². The fourth-order valence-corrected chi connectivity index (χ4v) is 3.58. The van der Waals surface area contributed by atoms with Crippen LogP contribution in [0.15, 0.2) is 32.3 Å². The molecule has 23 heavy (non-hydrogen) atoms. The van der Waals surface area contributed by atoms with Crippen molar-refractivity contribution in [3.8, 4) is 0 Å². The lowest BCUT2D eigenvalue weighted by molar-refractivity contribution is 0.292. The summed E-state index contributed by atoms with van der Waals surface area (Å²) in [6.45, 7) is 4.47. The summed E-state index contributed by atoms with van der Waals surface area (Å²) in [6, 6.07) is 4.41. The minimum Gasteiger partial charge on any atom is -0.408 e. The molecule has 0 atom stereocenters. The van der Waals surface area contributed by atoms with E-state index < -0.39 is 15.8 Å². The van der Waals surface area contributed by atoms with Gasteiger partial charge in [-0.2, -0.15) is 0 Å². The average Bonchev–Trinajstić information content (AvgIpc) is 2.73. The van der Waals surface area contributed by atoms with E-state index in [0.29, 0.717) is 18.6 Å². The molecule has 0 unspecified atom stereocenters. The largest absolute Gasteiger partial charge is 0.419 e. The van der Waals surface area contributed by atoms with Crippen LogP contribution >= 0.6 is 12.4 Å². The number of oxazole rings is 1. The zero-order chi connectivity index (χ0) is 16.7. The third-order valence-electron chi connectivity index (χ3n) is 3.68. The monoisotopic (exact) mass is 363 g/mol. The van der Waals surface area contributed by atoms with Gasteiger partial charge in [-0.05, 0) is 24.1 Å². The Bertz CT molecular complexity index is 855. The highest BCUT2D eigenvalue weighted by Crippen LogP contribution is 2.23. The Balaban J connectivity index is 0.00000264. The van der Waals surface area contributed by atoms with Crippen molar-refractivity contribution in [1.29, 1.82) is 0 Å². The molecule has 2 N–H and O–H groups in total. The molecule has 0 amide bonds. The average molecular weight is 364 g/mol. The van der Waals surface area contributed by atoms with Crippen molar-refractivity contribution in [2.75, 3.05) is 20.1 Å². The Kier molecular flexibility index (Phi) is 5.69. The van der Waals surface area contributed by atoms with E-state index >= 15 is 0 Å². The first kappa shape index (κ1) is 19.7. The quantitative estimate of drug-likeness (QED) is 0.859. The van der Waals surface area contributed by atoms with Crippen molar-refractivity contribution in [1.82, 2.24) is 8.87 Å². The van der Waals surface area contributed by atoms with E-state index in [0.717, 1.165) is 0 Å². The molecule has 9 heteroatoms. The molecule has 0 saturated carbocycles. The molecule has 0 bridgehead atoms. The first-order chi connectivity index (χ1) is 10.1. The van der Waals surface area contributed by atoms with E-state index in [2.05, 4.69) is 0 Å². The number of rotatable bonds is 5. The SMILES string of the molecule is CN(CC(C)(C)CN)S(=O)(=O)c1ccc2c(c1)oc(=O)n2C.Cl. The molecular formula is C14H22ClN3O4S. The Hall–Kier alpha value is -1.35. The molecule has 1 heterocycles. The minimum atomic E-state index is -3.67. The first-order valence-corrected chi connectivity index (χ1v) is 8.28. The highest BCUT2D eigenvalue weighted by molar-refractivity contribution is 7.89. The second-order valence-electron chi connectivity index (χ2n) is 6.19. The van der Waals surface area contributed by atoms with E-state index in [4.69, 9.17) is 10.2 Å². The lowest BCUT2D eigenvalue weighted by Gasteiger charge is -2.28. The Labute approximate surface area is 141 Å². The molecule has 1 aromatic heterocycles. The van der Waals surface area contributed by atoms with Crippen LogP contribution in [0.25, 0.3) is 11.1 Å². The van der Waals surface area contributed by atoms with E-state index in [-0.39, 0.29) is 28.3 Å². The number of nitrogens with zero attached hydrogens (tertiary/aromatic N) is 2. The standard InChI is InChI=1S/C14H21N3O4S.ClH/c1-14(2,8-15)9-16(3)22(19,20)10-5-6-11-12(7-10)21-13(18)17(11)4;/h5-7H,8-9,15H2,1-4H3;1H. The summed E-state index contributed by atoms with van der Waals surface area (Å²) in [4.78, 5) is 11.6. The highest BCUT2D eigenvalue weighted by atomic mass is 35.5. The highest BCUT2D eigenvalue weighted by Gasteiger charge is 2.27. The second-order valence-corrected chi connectivity index (χ2v) is 8.23. The zero-order valence-corrected chi connectivity index (χ0v) is 15.2. The summed E-state index contributed by atoms with van der Waals surface area (Å²) in [7, 11) is -0.591. The molecule has 1 aromatic carbocycles. The van der Waals surface area contributed by atoms with Crippen LogP contribution in [0.2, 0.25) is 0 Å². The maximum absolute atomic E-state index is 12.6. The number of benzene rings is 1. The van der Waals surface area contributed by atoms with Gasteiger partial charge in [-0.25, -0.2) is 17.5 Å². The van der Waals surface area contributed by atoms with Gasteiger partial charge in [0.05, 0.1) is 10.4 Å². The molecule has 0 fully saturated rings. The van der Waals surface area contributed by atoms with Crippen LogP contribution in [-0.4, -0.2) is 37.4 Å². The van der Waals surface area contributed by atoms with Crippen LogP contribution in [0.5, 0.6) is 0 Å². The summed E-state index contributed by atoms with van der Waals surface area (Å²) in [6.07, 6.45) is 0. The molecule has 0 spiro atoms. The van der Waals surface area contributed by atoms with Gasteiger partial charge in [-0.3, -0.25) is 4.57 Å². The molecular weight excluding hydrogens is 342 g/mol. The number of aromatic nitrogens is 1. The number of halogens is 1. The molecule has 0 aliphatic heterocycles. The number of fused-ring (bicyclic) bond motifs is 1. The Morgan fingerprint density at radius 3 is 2.52 bits per heavy atom. The van der Waals surface area contributed by atoms with Crippen molar-refractivity contribution >= 4 is 33.5 Å². The Morgan fingerprint density at radius 2 is 1.96 bits per heavy atom. The van der Waals surface area contributed by atoms with Gasteiger partial charge in [-0.1, -0.05) is 13.8 Å². The van der Waals surface area contributed by atoms with Crippen LogP contribution in [0.4, 0.5) is 0 Å². The van der Waals surface area contributed by atoms with Gasteiger partial charge >= 0.3 is 5.76 Å². The van der Waals surface area contributed by atoms with Gasteiger partial charge in [0.1, 0.15) is 0 Å². The summed E-state index contributed by atoms with van der Waals surface area (Å²) in [5.74, 6) is -0.526. The van der Waals surface area contributed by atoms with Crippen LogP contribution in [-0.2, 0) is 17.1 Å². The molecule has 7 nitrogen and oxygen atoms in total. The molecule has 0 radical (unpaired) electrons. The number of sulfonamides is 1. The molecule has 0 aliphatic rings. The van der Waals surface area contributed by atoms with Gasteiger partial charge in [0.2, 0.25) is 10.0 Å². The molecule has 2 rings (SSSR count). The van der Waals surface area contributed by atoms with Gasteiger partial charge in [0.25, 0.3) is 0 Å². The second kappa shape index (κ2) is 6.64. The Morgan fingerprint density at radius 1 is 1.35 bits per heavy atom. The predicted molar refractivity (Wildman–Crippen MR) is 91.4 cm³/mol. The van der Waals surface area contributed by atoms with Crippen molar-refractivity contribution in [2.45, 2.75) is 18.7 Å². The number of hydrogen-bond donors (Lipinski definition) is 1. The number of hydrogen-bond acceptors (Lipinski definition) is 5. The minimum absolute atomic E-state index is 0. The summed E-state index contributed by atoms with van der Waals surface area (Å²) in [5, 5.41) is 0. The molecule has 0 aliphatic carbocycles. The lowest BCUT2D eigenvalue weighted by Crippen LogP contribution is -2.39. The third-order valence-corrected chi connectivity index (χ3v) is 5.47. The first-order valence-electron chi connectivity index (χ1n) is 6.84. The molecule has 130 valence electrons. The molecule has 0 saturated heterocycles. The van der Waals surface area contributed by atoms with Crippen molar-refractivity contribution in [2.24, 2.45) is 18.2 Å². The van der Waals surface area contributed by atoms with Crippen molar-refractivity contribution < 1.29 is 12.8 Å². The fourth-order valence-electron chi connectivity index (χ4n) is 2.21. The number of nitrogens with two attached hydrogens (primary N) is 1. The van der Waals surface area contributed by atoms with Gasteiger partial charge in [-0.15, -0.1) is 12.4 Å². The third kappa shape index (κ3) is 3.77. The van der Waals surface area contributed by atoms with E-state index in [1.54, 1.807) is 13.1 Å². The van der Waals surface area contributed by atoms with Crippen molar-refractivity contribution in [3.63, 3.8) is 0 Å². The van der Waals surface area contributed by atoms with Gasteiger partial charge < -0.3 is 10.2 Å². The lowest BCUT2D eigenvalue weighted by atomic mass is 9.94. The van der Waals surface area contributed by atoms with E-state index in [1.807, 2.05) is 13.8 Å². The predicted octanol–water partition coefficient (Wildman–Crippen LogP) is 1.16. The molecule has 2 aromatic rings. The van der Waals surface area contributed by atoms with Crippen LogP contribution in [0, 0.1) is 5.41 Å². The number of aryl methyl sites for hydroxylation is 1.